The summed E-state index contributed by atoms with van der Waals surface area (Å²) in [6.07, 6.45) is 3.10. The SMILES string of the molecule is O=c1cc[nH]cc1S(=O)(=O)NC1CCOc2ccccc21. The van der Waals surface area contributed by atoms with Crippen molar-refractivity contribution in [3.63, 3.8) is 0 Å². The van der Waals surface area contributed by atoms with Crippen molar-refractivity contribution in [3.8, 4) is 5.75 Å². The lowest BCUT2D eigenvalue weighted by Gasteiger charge is -2.26. The molecule has 0 saturated carbocycles. The molecule has 0 spiro atoms. The number of fused-ring (bicyclic) bond motifs is 1. The first-order valence-corrected chi connectivity index (χ1v) is 7.97. The van der Waals surface area contributed by atoms with Gasteiger partial charge in [0.1, 0.15) is 10.6 Å². The predicted molar refractivity (Wildman–Crippen MR) is 76.7 cm³/mol. The second-order valence-electron chi connectivity index (χ2n) is 4.72. The van der Waals surface area contributed by atoms with Gasteiger partial charge in [0.2, 0.25) is 15.5 Å². The van der Waals surface area contributed by atoms with Crippen LogP contribution in [-0.2, 0) is 10.0 Å². The van der Waals surface area contributed by atoms with Crippen LogP contribution >= 0.6 is 0 Å². The number of para-hydroxylation sites is 1. The number of hydrogen-bond donors (Lipinski definition) is 2. The molecule has 2 N–H and O–H groups in total. The zero-order chi connectivity index (χ0) is 14.9. The molecule has 21 heavy (non-hydrogen) atoms. The zero-order valence-corrected chi connectivity index (χ0v) is 11.9. The summed E-state index contributed by atoms with van der Waals surface area (Å²) in [5.41, 5.74) is 0.237. The van der Waals surface area contributed by atoms with E-state index in [1.165, 1.54) is 18.5 Å². The third-order valence-corrected chi connectivity index (χ3v) is 4.83. The van der Waals surface area contributed by atoms with Gasteiger partial charge in [-0.3, -0.25) is 4.79 Å². The Kier molecular flexibility index (Phi) is 3.52. The first-order valence-electron chi connectivity index (χ1n) is 6.49. The monoisotopic (exact) mass is 306 g/mol. The molecule has 1 atom stereocenters. The van der Waals surface area contributed by atoms with E-state index >= 15 is 0 Å². The maximum absolute atomic E-state index is 12.4. The molecular formula is C14H14N2O4S. The van der Waals surface area contributed by atoms with Crippen molar-refractivity contribution in [2.75, 3.05) is 6.61 Å². The number of nitrogens with one attached hydrogen (secondary N) is 2. The fourth-order valence-corrected chi connectivity index (χ4v) is 3.63. The maximum Gasteiger partial charge on any atom is 0.246 e. The van der Waals surface area contributed by atoms with Crippen LogP contribution in [0.5, 0.6) is 5.75 Å². The Morgan fingerprint density at radius 1 is 1.24 bits per heavy atom. The Labute approximate surface area is 121 Å². The predicted octanol–water partition coefficient (Wildman–Crippen LogP) is 1.18. The van der Waals surface area contributed by atoms with Gasteiger partial charge < -0.3 is 9.72 Å². The standard InChI is InChI=1S/C14H14N2O4S/c17-12-5-7-15-9-14(12)21(18,19)16-11-6-8-20-13-4-2-1-3-10(11)13/h1-5,7,9,11,16H,6,8H2,(H,15,17). The van der Waals surface area contributed by atoms with Crippen molar-refractivity contribution >= 4 is 10.0 Å². The second kappa shape index (κ2) is 5.34. The number of aromatic amines is 1. The van der Waals surface area contributed by atoms with Crippen molar-refractivity contribution in [3.05, 3.63) is 58.5 Å². The van der Waals surface area contributed by atoms with Crippen LogP contribution in [0.4, 0.5) is 0 Å². The Morgan fingerprint density at radius 3 is 2.86 bits per heavy atom. The van der Waals surface area contributed by atoms with Gasteiger partial charge in [-0.15, -0.1) is 0 Å². The quantitative estimate of drug-likeness (QED) is 0.891. The van der Waals surface area contributed by atoms with Crippen LogP contribution in [0, 0.1) is 0 Å². The van der Waals surface area contributed by atoms with Crippen molar-refractivity contribution in [2.24, 2.45) is 0 Å². The van der Waals surface area contributed by atoms with E-state index in [4.69, 9.17) is 4.74 Å². The number of benzene rings is 1. The van der Waals surface area contributed by atoms with Crippen molar-refractivity contribution in [1.29, 1.82) is 0 Å². The van der Waals surface area contributed by atoms with Crippen LogP contribution in [0.1, 0.15) is 18.0 Å². The first-order chi connectivity index (χ1) is 10.1. The molecule has 1 unspecified atom stereocenters. The number of sulfonamides is 1. The molecule has 0 bridgehead atoms. The molecule has 7 heteroatoms. The molecule has 0 saturated heterocycles. The first kappa shape index (κ1) is 13.8. The summed E-state index contributed by atoms with van der Waals surface area (Å²) in [6, 6.07) is 8.05. The average Bonchev–Trinajstić information content (AvgIpc) is 2.47. The summed E-state index contributed by atoms with van der Waals surface area (Å²) < 4.78 is 32.8. The topological polar surface area (TPSA) is 88.3 Å². The summed E-state index contributed by atoms with van der Waals surface area (Å²) in [4.78, 5) is 14.0. The number of aromatic nitrogens is 1. The van der Waals surface area contributed by atoms with Gasteiger partial charge >= 0.3 is 0 Å². The largest absolute Gasteiger partial charge is 0.493 e. The molecule has 2 heterocycles. The molecule has 110 valence electrons. The number of rotatable bonds is 3. The molecule has 6 nitrogen and oxygen atoms in total. The number of hydrogen-bond acceptors (Lipinski definition) is 4. The van der Waals surface area contributed by atoms with Crippen LogP contribution in [0.3, 0.4) is 0 Å². The van der Waals surface area contributed by atoms with E-state index in [1.54, 1.807) is 6.07 Å². The highest BCUT2D eigenvalue weighted by Gasteiger charge is 2.27. The van der Waals surface area contributed by atoms with E-state index in [-0.39, 0.29) is 4.90 Å². The maximum atomic E-state index is 12.4. The van der Waals surface area contributed by atoms with Gasteiger partial charge in [0.05, 0.1) is 12.6 Å². The van der Waals surface area contributed by atoms with Crippen LogP contribution in [0.15, 0.2) is 52.4 Å². The van der Waals surface area contributed by atoms with Gasteiger partial charge in [0.25, 0.3) is 0 Å². The highest BCUT2D eigenvalue weighted by molar-refractivity contribution is 7.89. The van der Waals surface area contributed by atoms with E-state index in [1.807, 2.05) is 18.2 Å². The highest BCUT2D eigenvalue weighted by atomic mass is 32.2. The van der Waals surface area contributed by atoms with Crippen molar-refractivity contribution < 1.29 is 13.2 Å². The Morgan fingerprint density at radius 2 is 2.05 bits per heavy atom. The minimum absolute atomic E-state index is 0.283. The molecule has 0 aliphatic carbocycles. The molecule has 3 rings (SSSR count). The van der Waals surface area contributed by atoms with Gasteiger partial charge in [0.15, 0.2) is 0 Å². The van der Waals surface area contributed by atoms with E-state index in [9.17, 15) is 13.2 Å². The van der Waals surface area contributed by atoms with Crippen molar-refractivity contribution in [1.82, 2.24) is 9.71 Å². The van der Waals surface area contributed by atoms with Gasteiger partial charge in [-0.2, -0.15) is 0 Å². The van der Waals surface area contributed by atoms with Crippen LogP contribution in [0.2, 0.25) is 0 Å². The molecule has 1 aliphatic heterocycles. The fourth-order valence-electron chi connectivity index (χ4n) is 2.33. The summed E-state index contributed by atoms with van der Waals surface area (Å²) in [6.45, 7) is 0.426. The highest BCUT2D eigenvalue weighted by Crippen LogP contribution is 2.32. The summed E-state index contributed by atoms with van der Waals surface area (Å²) in [5, 5.41) is 0. The van der Waals surface area contributed by atoms with Crippen LogP contribution < -0.4 is 14.9 Å². The zero-order valence-electron chi connectivity index (χ0n) is 11.1. The van der Waals surface area contributed by atoms with E-state index in [0.717, 1.165) is 5.56 Å². The molecular weight excluding hydrogens is 292 g/mol. The molecule has 0 amide bonds. The lowest BCUT2D eigenvalue weighted by molar-refractivity contribution is 0.263. The Balaban J connectivity index is 1.95. The molecule has 2 aromatic rings. The fraction of sp³-hybridized carbons (Fsp3) is 0.214. The van der Waals surface area contributed by atoms with Gasteiger partial charge in [-0.05, 0) is 6.07 Å². The molecule has 1 aromatic carbocycles. The molecule has 1 aliphatic rings. The number of ether oxygens (including phenoxy) is 1. The third-order valence-electron chi connectivity index (χ3n) is 3.33. The van der Waals surface area contributed by atoms with Crippen molar-refractivity contribution in [2.45, 2.75) is 17.4 Å². The smallest absolute Gasteiger partial charge is 0.246 e. The van der Waals surface area contributed by atoms with E-state index in [2.05, 4.69) is 9.71 Å². The van der Waals surface area contributed by atoms with Gasteiger partial charge in [0, 0.05) is 30.4 Å². The minimum atomic E-state index is -3.88. The Hall–Kier alpha value is -2.12. The van der Waals surface area contributed by atoms with Crippen LogP contribution in [0.25, 0.3) is 0 Å². The number of pyridine rings is 1. The lowest BCUT2D eigenvalue weighted by atomic mass is 10.0. The summed E-state index contributed by atoms with van der Waals surface area (Å²) in [7, 11) is -3.88. The molecule has 0 fully saturated rings. The Bertz CT molecular complexity index is 813. The summed E-state index contributed by atoms with van der Waals surface area (Å²) in [5.74, 6) is 0.665. The van der Waals surface area contributed by atoms with Crippen LogP contribution in [-0.4, -0.2) is 20.0 Å². The second-order valence-corrected chi connectivity index (χ2v) is 6.40. The van der Waals surface area contributed by atoms with E-state index in [0.29, 0.717) is 18.8 Å². The summed E-state index contributed by atoms with van der Waals surface area (Å²) >= 11 is 0. The normalized spacial score (nSPS) is 17.8. The number of H-pyrrole nitrogens is 1. The van der Waals surface area contributed by atoms with Gasteiger partial charge in [-0.25, -0.2) is 13.1 Å². The molecule has 1 aromatic heterocycles. The minimum Gasteiger partial charge on any atom is -0.493 e. The average molecular weight is 306 g/mol. The van der Waals surface area contributed by atoms with Gasteiger partial charge in [-0.1, -0.05) is 18.2 Å². The lowest BCUT2D eigenvalue weighted by Crippen LogP contribution is -2.34. The molecule has 0 radical (unpaired) electrons. The van der Waals surface area contributed by atoms with E-state index < -0.39 is 21.5 Å². The third kappa shape index (κ3) is 2.70.